The Morgan fingerprint density at radius 3 is 2.30 bits per heavy atom. The van der Waals surface area contributed by atoms with Crippen molar-refractivity contribution in [3.63, 3.8) is 0 Å². The highest BCUT2D eigenvalue weighted by Crippen LogP contribution is 2.11. The van der Waals surface area contributed by atoms with Crippen molar-refractivity contribution in [3.8, 4) is 0 Å². The lowest BCUT2D eigenvalue weighted by Gasteiger charge is -2.11. The second kappa shape index (κ2) is 4.45. The van der Waals surface area contributed by atoms with Crippen LogP contribution in [-0.4, -0.2) is 17.5 Å². The van der Waals surface area contributed by atoms with Crippen LogP contribution in [0.1, 0.15) is 27.2 Å². The first-order valence-electron chi connectivity index (χ1n) is 3.69. The lowest BCUT2D eigenvalue weighted by atomic mass is 9.95. The van der Waals surface area contributed by atoms with Gasteiger partial charge >= 0.3 is 0 Å². The van der Waals surface area contributed by atoms with Crippen LogP contribution in [0.3, 0.4) is 0 Å². The van der Waals surface area contributed by atoms with Gasteiger partial charge in [-0.15, -0.1) is 0 Å². The summed E-state index contributed by atoms with van der Waals surface area (Å²) in [6.45, 7) is 5.61. The van der Waals surface area contributed by atoms with Gasteiger partial charge in [0.25, 0.3) is 0 Å². The van der Waals surface area contributed by atoms with Crippen molar-refractivity contribution in [2.24, 2.45) is 11.8 Å². The van der Waals surface area contributed by atoms with Crippen LogP contribution in [0.25, 0.3) is 0 Å². The highest BCUT2D eigenvalue weighted by atomic mass is 16.3. The van der Waals surface area contributed by atoms with Crippen molar-refractivity contribution in [3.05, 3.63) is 0 Å². The van der Waals surface area contributed by atoms with E-state index >= 15 is 0 Å². The number of Topliss-reactive ketones (excluding diaryl/α,β-unsaturated/α-hetero) is 1. The molecule has 0 amide bonds. The van der Waals surface area contributed by atoms with E-state index < -0.39 is 0 Å². The smallest absolute Gasteiger partial charge is 0.132 e. The zero-order valence-corrected chi connectivity index (χ0v) is 6.92. The van der Waals surface area contributed by atoms with Crippen LogP contribution < -0.4 is 0 Å². The zero-order valence-electron chi connectivity index (χ0n) is 6.92. The van der Waals surface area contributed by atoms with Crippen molar-refractivity contribution < 1.29 is 9.90 Å². The quantitative estimate of drug-likeness (QED) is 0.644. The number of carbonyl (C=O) groups excluding carboxylic acids is 1. The topological polar surface area (TPSA) is 37.3 Å². The van der Waals surface area contributed by atoms with Crippen LogP contribution in [0.2, 0.25) is 0 Å². The summed E-state index contributed by atoms with van der Waals surface area (Å²) in [5, 5.41) is 8.65. The van der Waals surface area contributed by atoms with Crippen LogP contribution >= 0.6 is 0 Å². The maximum atomic E-state index is 10.7. The number of aliphatic hydroxyl groups excluding tert-OH is 1. The van der Waals surface area contributed by atoms with Gasteiger partial charge in [0.15, 0.2) is 0 Å². The van der Waals surface area contributed by atoms with Crippen LogP contribution in [0.5, 0.6) is 0 Å². The monoisotopic (exact) mass is 144 g/mol. The van der Waals surface area contributed by atoms with Gasteiger partial charge < -0.3 is 5.11 Å². The van der Waals surface area contributed by atoms with E-state index in [0.717, 1.165) is 6.42 Å². The minimum absolute atomic E-state index is 0.0992. The van der Waals surface area contributed by atoms with Crippen LogP contribution in [0.4, 0.5) is 0 Å². The average Bonchev–Trinajstić information content (AvgIpc) is 1.87. The summed E-state index contributed by atoms with van der Waals surface area (Å²) >= 11 is 0. The molecule has 2 nitrogen and oxygen atoms in total. The third kappa shape index (κ3) is 3.62. The summed E-state index contributed by atoms with van der Waals surface area (Å²) in [6.07, 6.45) is 0.797. The Morgan fingerprint density at radius 1 is 1.50 bits per heavy atom. The third-order valence-electron chi connectivity index (χ3n) is 1.76. The first-order chi connectivity index (χ1) is 4.57. The van der Waals surface area contributed by atoms with Crippen LogP contribution in [0, 0.1) is 11.8 Å². The molecule has 0 saturated heterocycles. The highest BCUT2D eigenvalue weighted by Gasteiger charge is 2.10. The summed E-state index contributed by atoms with van der Waals surface area (Å²) in [5.41, 5.74) is 0. The summed E-state index contributed by atoms with van der Waals surface area (Å²) in [6, 6.07) is 0. The normalized spacial score (nSPS) is 16.4. The van der Waals surface area contributed by atoms with Crippen molar-refractivity contribution in [2.75, 3.05) is 6.61 Å². The van der Waals surface area contributed by atoms with Gasteiger partial charge in [0.05, 0.1) is 0 Å². The minimum Gasteiger partial charge on any atom is -0.396 e. The molecule has 10 heavy (non-hydrogen) atoms. The molecule has 0 saturated carbocycles. The van der Waals surface area contributed by atoms with Gasteiger partial charge in [-0.3, -0.25) is 4.79 Å². The van der Waals surface area contributed by atoms with E-state index in [9.17, 15) is 4.79 Å². The predicted octanol–water partition coefficient (Wildman–Crippen LogP) is 1.23. The summed E-state index contributed by atoms with van der Waals surface area (Å²) in [7, 11) is 0. The first-order valence-corrected chi connectivity index (χ1v) is 3.69. The largest absolute Gasteiger partial charge is 0.396 e. The van der Waals surface area contributed by atoms with Gasteiger partial charge in [-0.2, -0.15) is 0 Å². The lowest BCUT2D eigenvalue weighted by molar-refractivity contribution is -0.120. The third-order valence-corrected chi connectivity index (χ3v) is 1.76. The van der Waals surface area contributed by atoms with Crippen molar-refractivity contribution in [1.29, 1.82) is 0 Å². The number of rotatable bonds is 4. The predicted molar refractivity (Wildman–Crippen MR) is 40.7 cm³/mol. The molecule has 0 rings (SSSR count). The molecule has 0 radical (unpaired) electrons. The Balaban J connectivity index is 3.56. The van der Waals surface area contributed by atoms with Crippen LogP contribution in [0.15, 0.2) is 0 Å². The molecular weight excluding hydrogens is 128 g/mol. The van der Waals surface area contributed by atoms with E-state index in [0.29, 0.717) is 0 Å². The standard InChI is InChI=1S/C8H16O2/c1-6(5-9)4-7(2)8(3)10/h6-7,9H,4-5H2,1-3H3. The molecule has 0 aliphatic heterocycles. The second-order valence-corrected chi connectivity index (χ2v) is 3.04. The van der Waals surface area contributed by atoms with Crippen molar-refractivity contribution in [1.82, 2.24) is 0 Å². The molecule has 2 atom stereocenters. The number of hydrogen-bond donors (Lipinski definition) is 1. The maximum Gasteiger partial charge on any atom is 0.132 e. The van der Waals surface area contributed by atoms with Gasteiger partial charge in [0.2, 0.25) is 0 Å². The molecular formula is C8H16O2. The lowest BCUT2D eigenvalue weighted by Crippen LogP contribution is -2.12. The molecule has 2 unspecified atom stereocenters. The number of aliphatic hydroxyl groups is 1. The molecule has 1 N–H and O–H groups in total. The summed E-state index contributed by atoms with van der Waals surface area (Å²) < 4.78 is 0. The van der Waals surface area contributed by atoms with E-state index in [2.05, 4.69) is 0 Å². The van der Waals surface area contributed by atoms with Gasteiger partial charge in [-0.25, -0.2) is 0 Å². The fraction of sp³-hybridized carbons (Fsp3) is 0.875. The van der Waals surface area contributed by atoms with E-state index in [4.69, 9.17) is 5.11 Å². The zero-order chi connectivity index (χ0) is 8.15. The van der Waals surface area contributed by atoms with Gasteiger partial charge in [0.1, 0.15) is 5.78 Å². The fourth-order valence-corrected chi connectivity index (χ4v) is 0.844. The molecule has 0 bridgehead atoms. The molecule has 0 aliphatic carbocycles. The minimum atomic E-state index is 0.0992. The molecule has 0 aromatic rings. The molecule has 0 fully saturated rings. The van der Waals surface area contributed by atoms with Crippen molar-refractivity contribution in [2.45, 2.75) is 27.2 Å². The van der Waals surface area contributed by atoms with Crippen molar-refractivity contribution >= 4 is 5.78 Å². The average molecular weight is 144 g/mol. The number of hydrogen-bond acceptors (Lipinski definition) is 2. The van der Waals surface area contributed by atoms with Gasteiger partial charge in [0, 0.05) is 12.5 Å². The number of carbonyl (C=O) groups is 1. The Kier molecular flexibility index (Phi) is 4.28. The fourth-order valence-electron chi connectivity index (χ4n) is 0.844. The van der Waals surface area contributed by atoms with Crippen LogP contribution in [-0.2, 0) is 4.79 Å². The molecule has 60 valence electrons. The molecule has 0 spiro atoms. The Morgan fingerprint density at radius 2 is 2.00 bits per heavy atom. The summed E-state index contributed by atoms with van der Waals surface area (Å²) in [4.78, 5) is 10.7. The maximum absolute atomic E-state index is 10.7. The molecule has 0 aromatic heterocycles. The summed E-state index contributed by atoms with van der Waals surface area (Å²) in [5.74, 6) is 0.557. The molecule has 0 heterocycles. The second-order valence-electron chi connectivity index (χ2n) is 3.04. The Labute approximate surface area is 62.2 Å². The van der Waals surface area contributed by atoms with Gasteiger partial charge in [-0.1, -0.05) is 13.8 Å². The van der Waals surface area contributed by atoms with Gasteiger partial charge in [-0.05, 0) is 19.3 Å². The SMILES string of the molecule is CC(=O)C(C)CC(C)CO. The van der Waals surface area contributed by atoms with E-state index in [-0.39, 0.29) is 24.2 Å². The highest BCUT2D eigenvalue weighted by molar-refractivity contribution is 5.77. The molecule has 0 aliphatic rings. The van der Waals surface area contributed by atoms with E-state index in [1.165, 1.54) is 0 Å². The van der Waals surface area contributed by atoms with E-state index in [1.54, 1.807) is 6.92 Å². The van der Waals surface area contributed by atoms with E-state index in [1.807, 2.05) is 13.8 Å². The Bertz CT molecular complexity index is 110. The Hall–Kier alpha value is -0.370. The molecule has 2 heteroatoms. The first kappa shape index (κ1) is 9.63. The molecule has 0 aromatic carbocycles. The number of ketones is 1.